The third-order valence-electron chi connectivity index (χ3n) is 16.3. The maximum absolute atomic E-state index is 6.32. The second kappa shape index (κ2) is 28.5. The molecule has 85 heavy (non-hydrogen) atoms. The Morgan fingerprint density at radius 3 is 0.824 bits per heavy atom. The molecule has 4 aromatic carbocycles. The number of hydrogen-bond acceptors (Lipinski definition) is 14. The van der Waals surface area contributed by atoms with E-state index < -0.39 is 0 Å². The van der Waals surface area contributed by atoms with Crippen LogP contribution in [-0.2, 0) is 38.4 Å². The van der Waals surface area contributed by atoms with Gasteiger partial charge in [-0.1, -0.05) is 72.8 Å². The minimum Gasteiger partial charge on any atom is -0.657 e. The molecule has 13 rings (SSSR count). The Balaban J connectivity index is 0.00000709. The predicted molar refractivity (Wildman–Crippen MR) is 330 cm³/mol. The molecule has 0 unspecified atom stereocenters. The van der Waals surface area contributed by atoms with Crippen molar-refractivity contribution in [3.05, 3.63) is 144 Å². The van der Waals surface area contributed by atoms with Crippen molar-refractivity contribution in [1.82, 2.24) is 39.5 Å². The Morgan fingerprint density at radius 1 is 0.306 bits per heavy atom. The molecule has 8 bridgehead atoms. The van der Waals surface area contributed by atoms with Gasteiger partial charge in [-0.05, 0) is 112 Å². The molecule has 7 aromatic rings. The van der Waals surface area contributed by atoms with E-state index in [-0.39, 0.29) is 19.5 Å². The minimum absolute atomic E-state index is 0. The summed E-state index contributed by atoms with van der Waals surface area (Å²) in [5.74, 6) is 3.21. The Kier molecular flexibility index (Phi) is 19.5. The molecule has 0 saturated carbocycles. The van der Waals surface area contributed by atoms with Crippen LogP contribution in [0.4, 0.5) is 0 Å². The molecule has 4 saturated heterocycles. The van der Waals surface area contributed by atoms with E-state index in [4.69, 9.17) is 57.8 Å². The van der Waals surface area contributed by atoms with E-state index >= 15 is 0 Å². The SMILES string of the molecule is C1=Cc2nc1c(-c1ccc(OCCN3CCOCC3)cc1)c1nc(c(-c3ccc(OCCN4CCOCC4)cc3)c3ccc([n-]3)c(-c3ccc(OCCN4CCOCC4)cc3)c3ccc([n-]3)c2-c2ccc(OCCN3CCOCC3)cc2)C=C1.[Zn+2]. The number of hydrogen-bond donors (Lipinski definition) is 0. The van der Waals surface area contributed by atoms with Crippen molar-refractivity contribution in [3.8, 4) is 67.5 Å². The summed E-state index contributed by atoms with van der Waals surface area (Å²) >= 11 is 0. The Labute approximate surface area is 510 Å². The molecule has 3 aromatic heterocycles. The van der Waals surface area contributed by atoms with Gasteiger partial charge in [0.1, 0.15) is 49.4 Å². The topological polar surface area (TPSA) is 141 Å². The van der Waals surface area contributed by atoms with Crippen LogP contribution in [0.3, 0.4) is 0 Å². The van der Waals surface area contributed by atoms with Crippen LogP contribution in [0.5, 0.6) is 23.0 Å². The summed E-state index contributed by atoms with van der Waals surface area (Å²) in [7, 11) is 0. The van der Waals surface area contributed by atoms with Gasteiger partial charge < -0.3 is 47.9 Å². The molecule has 9 heterocycles. The number of rotatable bonds is 20. The van der Waals surface area contributed by atoms with Gasteiger partial charge in [-0.15, -0.1) is 22.1 Å². The molecule has 4 fully saturated rings. The van der Waals surface area contributed by atoms with Gasteiger partial charge in [0.25, 0.3) is 0 Å². The van der Waals surface area contributed by atoms with Crippen molar-refractivity contribution in [2.45, 2.75) is 0 Å². The number of fused-ring (bicyclic) bond motifs is 8. The van der Waals surface area contributed by atoms with Gasteiger partial charge in [0.05, 0.1) is 75.6 Å². The third kappa shape index (κ3) is 14.5. The summed E-state index contributed by atoms with van der Waals surface area (Å²) in [6.45, 7) is 19.1. The maximum Gasteiger partial charge on any atom is 2.00 e. The van der Waals surface area contributed by atoms with Gasteiger partial charge in [-0.2, -0.15) is 0 Å². The van der Waals surface area contributed by atoms with E-state index in [9.17, 15) is 0 Å². The van der Waals surface area contributed by atoms with Crippen LogP contribution >= 0.6 is 0 Å². The number of aromatic nitrogens is 4. The monoisotopic (exact) mass is 1190 g/mol. The van der Waals surface area contributed by atoms with Crippen LogP contribution in [-0.4, -0.2) is 187 Å². The minimum atomic E-state index is 0. The van der Waals surface area contributed by atoms with E-state index in [1.165, 1.54) is 0 Å². The van der Waals surface area contributed by atoms with Gasteiger partial charge in [0.15, 0.2) is 0 Å². The van der Waals surface area contributed by atoms with Crippen molar-refractivity contribution >= 4 is 46.4 Å². The molecule has 6 aliphatic heterocycles. The normalized spacial score (nSPS) is 16.9. The predicted octanol–water partition coefficient (Wildman–Crippen LogP) is 9.42. The molecular formula is C68H72N8O8Zn. The molecule has 6 aliphatic rings. The molecule has 0 amide bonds. The summed E-state index contributed by atoms with van der Waals surface area (Å²) in [5.41, 5.74) is 13.7. The second-order valence-corrected chi connectivity index (χ2v) is 21.7. The van der Waals surface area contributed by atoms with E-state index in [1.807, 2.05) is 48.5 Å². The number of ether oxygens (including phenoxy) is 8. The average molecular weight is 1190 g/mol. The van der Waals surface area contributed by atoms with Crippen molar-refractivity contribution in [2.24, 2.45) is 0 Å². The number of benzene rings is 4. The zero-order valence-electron chi connectivity index (χ0n) is 48.4. The van der Waals surface area contributed by atoms with Crippen LogP contribution in [0.15, 0.2) is 121 Å². The van der Waals surface area contributed by atoms with Crippen LogP contribution < -0.4 is 28.9 Å². The van der Waals surface area contributed by atoms with Gasteiger partial charge >= 0.3 is 19.5 Å². The van der Waals surface area contributed by atoms with Crippen molar-refractivity contribution < 1.29 is 57.4 Å². The van der Waals surface area contributed by atoms with Crippen LogP contribution in [0.25, 0.3) is 90.9 Å². The number of morpholine rings is 4. The fraction of sp³-hybridized carbons (Fsp3) is 0.353. The van der Waals surface area contributed by atoms with Crippen LogP contribution in [0, 0.1) is 0 Å². The Morgan fingerprint density at radius 2 is 0.541 bits per heavy atom. The molecule has 0 atom stereocenters. The fourth-order valence-corrected chi connectivity index (χ4v) is 11.6. The Bertz CT molecular complexity index is 3400. The average Bonchev–Trinajstić information content (AvgIpc) is 3.82. The summed E-state index contributed by atoms with van der Waals surface area (Å²) in [5, 5.41) is 0. The summed E-state index contributed by atoms with van der Waals surface area (Å²) in [6, 6.07) is 41.7. The summed E-state index contributed by atoms with van der Waals surface area (Å²) in [4.78, 5) is 31.7. The summed E-state index contributed by atoms with van der Waals surface area (Å²) < 4.78 is 47.6. The zero-order valence-corrected chi connectivity index (χ0v) is 51.3. The first-order valence-electron chi connectivity index (χ1n) is 29.8. The van der Waals surface area contributed by atoms with Gasteiger partial charge in [-0.25, -0.2) is 9.97 Å². The number of nitrogens with zero attached hydrogens (tertiary/aromatic N) is 8. The van der Waals surface area contributed by atoms with Gasteiger partial charge in [-0.3, -0.25) is 19.6 Å². The van der Waals surface area contributed by atoms with Gasteiger partial charge in [0, 0.05) is 84.1 Å². The summed E-state index contributed by atoms with van der Waals surface area (Å²) in [6.07, 6.45) is 8.41. The van der Waals surface area contributed by atoms with E-state index in [0.29, 0.717) is 26.4 Å². The second-order valence-electron chi connectivity index (χ2n) is 21.7. The molecule has 0 aliphatic carbocycles. The standard InChI is InChI=1S/C68H72N8O8.Zn/c1-9-53(81-45-33-73-25-37-77-38-26-73)10-2-49(1)65-57-17-19-59(69-57)66(50-3-11-54(12-4-50)82-46-34-74-27-39-78-40-28-74)61-21-23-63(71-61)68(52-7-15-56(16-8-52)84-48-36-76-31-43-80-44-32-76)64-24-22-62(72-64)67(60-20-18-58(65)70-60)51-5-13-55(14-6-51)83-47-35-75-29-41-79-42-30-75;/h1-24H,25-48H2;/q-2;+2. The first-order valence-corrected chi connectivity index (χ1v) is 29.8. The van der Waals surface area contributed by atoms with Crippen LogP contribution in [0.1, 0.15) is 22.8 Å². The molecular weight excluding hydrogens is 1120 g/mol. The van der Waals surface area contributed by atoms with E-state index in [2.05, 4.69) is 117 Å². The van der Waals surface area contributed by atoms with E-state index in [1.54, 1.807) is 0 Å². The van der Waals surface area contributed by atoms with Crippen LogP contribution in [0.2, 0.25) is 0 Å². The van der Waals surface area contributed by atoms with Crippen molar-refractivity contribution in [3.63, 3.8) is 0 Å². The molecule has 16 nitrogen and oxygen atoms in total. The maximum atomic E-state index is 6.32. The van der Waals surface area contributed by atoms with Crippen molar-refractivity contribution in [2.75, 3.05) is 158 Å². The third-order valence-corrected chi connectivity index (χ3v) is 16.3. The zero-order chi connectivity index (χ0) is 56.3. The Hall–Kier alpha value is -7.02. The first kappa shape index (κ1) is 58.4. The molecule has 0 N–H and O–H groups in total. The van der Waals surface area contributed by atoms with E-state index in [0.717, 1.165) is 244 Å². The quantitative estimate of drug-likeness (QED) is 0.0669. The fourth-order valence-electron chi connectivity index (χ4n) is 11.6. The largest absolute Gasteiger partial charge is 2.00 e. The molecule has 0 radical (unpaired) electrons. The molecule has 434 valence electrons. The molecule has 0 spiro atoms. The molecule has 17 heteroatoms. The smallest absolute Gasteiger partial charge is 0.657 e. The first-order chi connectivity index (χ1) is 41.6. The van der Waals surface area contributed by atoms with Crippen molar-refractivity contribution in [1.29, 1.82) is 0 Å². The van der Waals surface area contributed by atoms with Gasteiger partial charge in [0.2, 0.25) is 0 Å².